The summed E-state index contributed by atoms with van der Waals surface area (Å²) in [4.78, 5) is 27.9. The van der Waals surface area contributed by atoms with Crippen LogP contribution in [0.5, 0.6) is 0 Å². The molecule has 3 aromatic rings. The van der Waals surface area contributed by atoms with Gasteiger partial charge in [0.2, 0.25) is 0 Å². The minimum atomic E-state index is -0.317. The first-order valence-corrected chi connectivity index (χ1v) is 10.7. The Labute approximate surface area is 180 Å². The normalized spacial score (nSPS) is 16.7. The molecular formula is C24H27FN4O2. The van der Waals surface area contributed by atoms with Crippen LogP contribution in [0.25, 0.3) is 10.8 Å². The number of benzene rings is 2. The lowest BCUT2D eigenvalue weighted by Gasteiger charge is -2.35. The van der Waals surface area contributed by atoms with Crippen molar-refractivity contribution in [3.8, 4) is 0 Å². The van der Waals surface area contributed by atoms with E-state index in [-0.39, 0.29) is 35.1 Å². The maximum atomic E-state index is 14.4. The molecule has 1 aliphatic heterocycles. The summed E-state index contributed by atoms with van der Waals surface area (Å²) < 4.78 is 15.7. The van der Waals surface area contributed by atoms with E-state index in [1.54, 1.807) is 30.3 Å². The number of carbonyl (C=O) groups excluding carboxylic acids is 1. The zero-order chi connectivity index (χ0) is 22.1. The monoisotopic (exact) mass is 422 g/mol. The third-order valence-corrected chi connectivity index (χ3v) is 5.73. The Morgan fingerprint density at radius 3 is 2.68 bits per heavy atom. The number of piperidine rings is 1. The van der Waals surface area contributed by atoms with Gasteiger partial charge in [0, 0.05) is 24.5 Å². The zero-order valence-electron chi connectivity index (χ0n) is 18.1. The number of hydrogen-bond donors (Lipinski definition) is 1. The molecule has 1 fully saturated rings. The molecule has 7 heteroatoms. The Hall–Kier alpha value is -3.22. The Morgan fingerprint density at radius 2 is 1.94 bits per heavy atom. The van der Waals surface area contributed by atoms with E-state index in [2.05, 4.69) is 10.4 Å². The second-order valence-corrected chi connectivity index (χ2v) is 8.45. The molecule has 1 saturated heterocycles. The molecule has 0 saturated carbocycles. The molecular weight excluding hydrogens is 395 g/mol. The van der Waals surface area contributed by atoms with Crippen molar-refractivity contribution in [2.75, 3.05) is 18.0 Å². The molecule has 1 aromatic heterocycles. The van der Waals surface area contributed by atoms with E-state index >= 15 is 0 Å². The summed E-state index contributed by atoms with van der Waals surface area (Å²) in [6.45, 7) is 6.92. The fourth-order valence-corrected chi connectivity index (χ4v) is 4.16. The van der Waals surface area contributed by atoms with Crippen molar-refractivity contribution in [1.29, 1.82) is 0 Å². The van der Waals surface area contributed by atoms with E-state index in [9.17, 15) is 14.0 Å². The van der Waals surface area contributed by atoms with Crippen molar-refractivity contribution in [3.05, 3.63) is 69.9 Å². The first-order valence-electron chi connectivity index (χ1n) is 10.7. The van der Waals surface area contributed by atoms with Gasteiger partial charge in [-0.25, -0.2) is 9.07 Å². The number of amides is 1. The van der Waals surface area contributed by atoms with Crippen molar-refractivity contribution in [2.45, 2.75) is 45.7 Å². The predicted molar refractivity (Wildman–Crippen MR) is 120 cm³/mol. The molecule has 162 valence electrons. The number of anilines is 1. The molecule has 1 aliphatic rings. The first-order chi connectivity index (χ1) is 14.8. The lowest BCUT2D eigenvalue weighted by Crippen LogP contribution is -2.48. The molecule has 1 atom stereocenters. The molecule has 0 spiro atoms. The number of halogens is 1. The average molecular weight is 423 g/mol. The van der Waals surface area contributed by atoms with Gasteiger partial charge in [-0.2, -0.15) is 5.10 Å². The zero-order valence-corrected chi connectivity index (χ0v) is 18.1. The summed E-state index contributed by atoms with van der Waals surface area (Å²) in [5.41, 5.74) is 1.59. The number of nitrogens with one attached hydrogen (secondary N) is 1. The van der Waals surface area contributed by atoms with Gasteiger partial charge in [0.25, 0.3) is 11.5 Å². The fraction of sp³-hybridized carbons (Fsp3) is 0.375. The molecule has 1 unspecified atom stereocenters. The summed E-state index contributed by atoms with van der Waals surface area (Å²) >= 11 is 0. The van der Waals surface area contributed by atoms with Gasteiger partial charge in [0.05, 0.1) is 17.1 Å². The van der Waals surface area contributed by atoms with E-state index in [1.807, 2.05) is 31.7 Å². The summed E-state index contributed by atoms with van der Waals surface area (Å²) in [5.74, 6) is -0.573. The summed E-state index contributed by atoms with van der Waals surface area (Å²) in [6.07, 6.45) is 1.65. The highest BCUT2D eigenvalue weighted by Gasteiger charge is 2.26. The van der Waals surface area contributed by atoms with Crippen LogP contribution < -0.4 is 15.8 Å². The molecule has 31 heavy (non-hydrogen) atoms. The van der Waals surface area contributed by atoms with Gasteiger partial charge in [0.15, 0.2) is 5.69 Å². The van der Waals surface area contributed by atoms with Crippen LogP contribution in [0.15, 0.2) is 47.3 Å². The molecule has 1 amide bonds. The molecule has 0 aliphatic carbocycles. The van der Waals surface area contributed by atoms with E-state index in [0.29, 0.717) is 23.0 Å². The molecule has 0 radical (unpaired) electrons. The minimum Gasteiger partial charge on any atom is -0.367 e. The number of aryl methyl sites for hydroxylation is 1. The van der Waals surface area contributed by atoms with Crippen molar-refractivity contribution >= 4 is 22.4 Å². The number of hydrogen-bond acceptors (Lipinski definition) is 4. The van der Waals surface area contributed by atoms with Crippen LogP contribution in [-0.4, -0.2) is 34.8 Å². The molecule has 6 nitrogen and oxygen atoms in total. The highest BCUT2D eigenvalue weighted by atomic mass is 19.1. The van der Waals surface area contributed by atoms with Gasteiger partial charge < -0.3 is 10.2 Å². The minimum absolute atomic E-state index is 0.138. The van der Waals surface area contributed by atoms with E-state index in [0.717, 1.165) is 24.9 Å². The Bertz CT molecular complexity index is 1190. The molecule has 1 N–H and O–H groups in total. The van der Waals surface area contributed by atoms with Crippen LogP contribution in [0.4, 0.5) is 10.1 Å². The van der Waals surface area contributed by atoms with Crippen LogP contribution >= 0.6 is 0 Å². The van der Waals surface area contributed by atoms with Crippen molar-refractivity contribution < 1.29 is 9.18 Å². The second-order valence-electron chi connectivity index (χ2n) is 8.45. The summed E-state index contributed by atoms with van der Waals surface area (Å²) in [6, 6.07) is 11.8. The number of carbonyl (C=O) groups is 1. The quantitative estimate of drug-likeness (QED) is 0.694. The van der Waals surface area contributed by atoms with E-state index in [1.165, 1.54) is 10.7 Å². The Balaban J connectivity index is 1.61. The highest BCUT2D eigenvalue weighted by molar-refractivity contribution is 6.04. The molecule has 2 heterocycles. The number of aromatic nitrogens is 2. The van der Waals surface area contributed by atoms with Crippen LogP contribution in [-0.2, 0) is 0 Å². The van der Waals surface area contributed by atoms with E-state index in [4.69, 9.17) is 0 Å². The SMILES string of the molecule is Cc1ccc(F)c(N2CCCC(NC(=O)c3nn(C(C)C)c(=O)c4ccccc34)C2)c1. The van der Waals surface area contributed by atoms with Gasteiger partial charge in [-0.05, 0) is 57.4 Å². The van der Waals surface area contributed by atoms with E-state index < -0.39 is 0 Å². The molecule has 2 aromatic carbocycles. The van der Waals surface area contributed by atoms with Crippen LogP contribution in [0.1, 0.15) is 48.8 Å². The van der Waals surface area contributed by atoms with Crippen molar-refractivity contribution in [2.24, 2.45) is 0 Å². The lowest BCUT2D eigenvalue weighted by atomic mass is 10.0. The van der Waals surface area contributed by atoms with Crippen LogP contribution in [0.2, 0.25) is 0 Å². The first kappa shape index (κ1) is 21.0. The smallest absolute Gasteiger partial charge is 0.274 e. The third kappa shape index (κ3) is 4.17. The van der Waals surface area contributed by atoms with Gasteiger partial charge in [-0.1, -0.05) is 24.3 Å². The molecule has 0 bridgehead atoms. The number of rotatable bonds is 4. The average Bonchev–Trinajstić information content (AvgIpc) is 2.75. The number of fused-ring (bicyclic) bond motifs is 1. The number of nitrogens with zero attached hydrogens (tertiary/aromatic N) is 3. The van der Waals surface area contributed by atoms with Crippen LogP contribution in [0, 0.1) is 12.7 Å². The van der Waals surface area contributed by atoms with Crippen molar-refractivity contribution in [1.82, 2.24) is 15.1 Å². The topological polar surface area (TPSA) is 67.2 Å². The summed E-state index contributed by atoms with van der Waals surface area (Å²) in [7, 11) is 0. The van der Waals surface area contributed by atoms with Gasteiger partial charge >= 0.3 is 0 Å². The third-order valence-electron chi connectivity index (χ3n) is 5.73. The maximum Gasteiger partial charge on any atom is 0.274 e. The van der Waals surface area contributed by atoms with Crippen LogP contribution in [0.3, 0.4) is 0 Å². The standard InChI is InChI=1S/C24H27FN4O2/c1-15(2)29-24(31)19-9-5-4-8-18(19)22(27-29)23(30)26-17-7-6-12-28(14-17)21-13-16(3)10-11-20(21)25/h4-5,8-11,13,15,17H,6-7,12,14H2,1-3H3,(H,26,30). The van der Waals surface area contributed by atoms with Gasteiger partial charge in [0.1, 0.15) is 5.82 Å². The van der Waals surface area contributed by atoms with Crippen molar-refractivity contribution in [3.63, 3.8) is 0 Å². The second kappa shape index (κ2) is 8.49. The lowest BCUT2D eigenvalue weighted by molar-refractivity contribution is 0.0927. The Kier molecular flexibility index (Phi) is 5.76. The van der Waals surface area contributed by atoms with Gasteiger partial charge in [-0.15, -0.1) is 0 Å². The fourth-order valence-electron chi connectivity index (χ4n) is 4.16. The largest absolute Gasteiger partial charge is 0.367 e. The predicted octanol–water partition coefficient (Wildman–Crippen LogP) is 3.82. The highest BCUT2D eigenvalue weighted by Crippen LogP contribution is 2.25. The van der Waals surface area contributed by atoms with Gasteiger partial charge in [-0.3, -0.25) is 9.59 Å². The Morgan fingerprint density at radius 1 is 1.19 bits per heavy atom. The summed E-state index contributed by atoms with van der Waals surface area (Å²) in [5, 5.41) is 8.47. The molecule has 4 rings (SSSR count). The maximum absolute atomic E-state index is 14.4.